The molecule has 1 rings (SSSR count). The lowest BCUT2D eigenvalue weighted by Gasteiger charge is -2.23. The molecule has 20 heavy (non-hydrogen) atoms. The van der Waals surface area contributed by atoms with Crippen molar-refractivity contribution < 1.29 is 18.3 Å². The highest BCUT2D eigenvalue weighted by molar-refractivity contribution is 6.37. The Bertz CT molecular complexity index is 421. The van der Waals surface area contributed by atoms with Crippen molar-refractivity contribution in [1.29, 1.82) is 0 Å². The van der Waals surface area contributed by atoms with Gasteiger partial charge in [0.1, 0.15) is 0 Å². The molecule has 1 N–H and O–H groups in total. The third-order valence-corrected chi connectivity index (χ3v) is 3.27. The first kappa shape index (κ1) is 17.3. The highest BCUT2D eigenvalue weighted by Crippen LogP contribution is 2.37. The summed E-state index contributed by atoms with van der Waals surface area (Å²) in [6, 6.07) is 3.04. The molecule has 114 valence electrons. The molecule has 0 saturated carbocycles. The van der Waals surface area contributed by atoms with Crippen LogP contribution in [0.2, 0.25) is 10.0 Å². The van der Waals surface area contributed by atoms with Crippen molar-refractivity contribution in [3.63, 3.8) is 0 Å². The van der Waals surface area contributed by atoms with E-state index in [1.807, 2.05) is 13.8 Å². The van der Waals surface area contributed by atoms with Crippen LogP contribution >= 0.6 is 23.2 Å². The SMILES string of the molecule is COCC(Nc1cc(Cl)c(OC(F)F)c(Cl)c1)C(C)C. The van der Waals surface area contributed by atoms with Crippen LogP contribution in [-0.4, -0.2) is 26.4 Å². The molecule has 0 bridgehead atoms. The number of nitrogens with one attached hydrogen (secondary N) is 1. The largest absolute Gasteiger partial charge is 0.432 e. The van der Waals surface area contributed by atoms with E-state index in [0.29, 0.717) is 18.2 Å². The van der Waals surface area contributed by atoms with Crippen molar-refractivity contribution in [3.05, 3.63) is 22.2 Å². The van der Waals surface area contributed by atoms with Gasteiger partial charge in [-0.3, -0.25) is 0 Å². The van der Waals surface area contributed by atoms with E-state index in [1.165, 1.54) is 12.1 Å². The van der Waals surface area contributed by atoms with Gasteiger partial charge in [0.25, 0.3) is 0 Å². The molecule has 7 heteroatoms. The average molecular weight is 328 g/mol. The number of alkyl halides is 2. The number of anilines is 1. The normalized spacial score (nSPS) is 12.8. The topological polar surface area (TPSA) is 30.5 Å². The van der Waals surface area contributed by atoms with Crippen LogP contribution in [0.15, 0.2) is 12.1 Å². The summed E-state index contributed by atoms with van der Waals surface area (Å²) in [6.07, 6.45) is 0. The summed E-state index contributed by atoms with van der Waals surface area (Å²) in [5.74, 6) is 0.0891. The third-order valence-electron chi connectivity index (χ3n) is 2.71. The second-order valence-electron chi connectivity index (χ2n) is 4.60. The molecule has 1 aromatic rings. The van der Waals surface area contributed by atoms with Crippen molar-refractivity contribution in [1.82, 2.24) is 0 Å². The number of hydrogen-bond donors (Lipinski definition) is 1. The Balaban J connectivity index is 2.92. The predicted octanol–water partition coefficient (Wildman–Crippen LogP) is 4.68. The summed E-state index contributed by atoms with van der Waals surface area (Å²) >= 11 is 11.8. The van der Waals surface area contributed by atoms with Crippen LogP contribution in [0.25, 0.3) is 0 Å². The fourth-order valence-electron chi connectivity index (χ4n) is 1.64. The van der Waals surface area contributed by atoms with Crippen molar-refractivity contribution in [2.75, 3.05) is 19.0 Å². The molecular weight excluding hydrogens is 311 g/mol. The van der Waals surface area contributed by atoms with Crippen LogP contribution in [0.5, 0.6) is 5.75 Å². The fourth-order valence-corrected chi connectivity index (χ4v) is 2.22. The smallest absolute Gasteiger partial charge is 0.387 e. The second kappa shape index (κ2) is 7.86. The maximum Gasteiger partial charge on any atom is 0.387 e. The van der Waals surface area contributed by atoms with Gasteiger partial charge in [-0.25, -0.2) is 0 Å². The van der Waals surface area contributed by atoms with Gasteiger partial charge in [0.05, 0.1) is 22.7 Å². The van der Waals surface area contributed by atoms with Crippen LogP contribution in [0.4, 0.5) is 14.5 Å². The van der Waals surface area contributed by atoms with Crippen LogP contribution in [0, 0.1) is 5.92 Å². The summed E-state index contributed by atoms with van der Waals surface area (Å²) in [6.45, 7) is 1.60. The van der Waals surface area contributed by atoms with Crippen LogP contribution < -0.4 is 10.1 Å². The minimum atomic E-state index is -2.97. The predicted molar refractivity (Wildman–Crippen MR) is 77.2 cm³/mol. The Labute approximate surface area is 127 Å². The summed E-state index contributed by atoms with van der Waals surface area (Å²) in [4.78, 5) is 0. The molecule has 0 amide bonds. The Morgan fingerprint density at radius 2 is 1.75 bits per heavy atom. The molecule has 0 aliphatic heterocycles. The summed E-state index contributed by atoms with van der Waals surface area (Å²) in [5.41, 5.74) is 0.623. The van der Waals surface area contributed by atoms with Crippen molar-refractivity contribution in [3.8, 4) is 5.75 Å². The molecule has 0 aliphatic rings. The van der Waals surface area contributed by atoms with E-state index in [-0.39, 0.29) is 21.8 Å². The van der Waals surface area contributed by atoms with Gasteiger partial charge in [-0.2, -0.15) is 8.78 Å². The van der Waals surface area contributed by atoms with Crippen LogP contribution in [-0.2, 0) is 4.74 Å². The maximum atomic E-state index is 12.2. The molecule has 1 aromatic carbocycles. The zero-order chi connectivity index (χ0) is 15.3. The number of hydrogen-bond acceptors (Lipinski definition) is 3. The molecule has 0 radical (unpaired) electrons. The molecule has 0 saturated heterocycles. The maximum absolute atomic E-state index is 12.2. The molecule has 0 spiro atoms. The van der Waals surface area contributed by atoms with Crippen molar-refractivity contribution in [2.24, 2.45) is 5.92 Å². The van der Waals surface area contributed by atoms with E-state index >= 15 is 0 Å². The third kappa shape index (κ3) is 4.96. The van der Waals surface area contributed by atoms with E-state index in [1.54, 1.807) is 7.11 Å². The van der Waals surface area contributed by atoms with Gasteiger partial charge in [0.2, 0.25) is 0 Å². The first-order valence-electron chi connectivity index (χ1n) is 6.04. The number of halogens is 4. The van der Waals surface area contributed by atoms with Crippen molar-refractivity contribution >= 4 is 28.9 Å². The molecule has 0 aromatic heterocycles. The zero-order valence-electron chi connectivity index (χ0n) is 11.4. The molecule has 0 fully saturated rings. The van der Waals surface area contributed by atoms with Crippen LogP contribution in [0.3, 0.4) is 0 Å². The molecule has 0 aliphatic carbocycles. The van der Waals surface area contributed by atoms with Gasteiger partial charge in [-0.15, -0.1) is 0 Å². The lowest BCUT2D eigenvalue weighted by molar-refractivity contribution is -0.0497. The molecule has 1 unspecified atom stereocenters. The molecule has 0 heterocycles. The lowest BCUT2D eigenvalue weighted by Crippen LogP contribution is -2.30. The average Bonchev–Trinajstić information content (AvgIpc) is 2.33. The summed E-state index contributed by atoms with van der Waals surface area (Å²) in [7, 11) is 1.61. The highest BCUT2D eigenvalue weighted by Gasteiger charge is 2.17. The Morgan fingerprint density at radius 1 is 1.20 bits per heavy atom. The van der Waals surface area contributed by atoms with E-state index in [2.05, 4.69) is 10.1 Å². The van der Waals surface area contributed by atoms with Gasteiger partial charge in [-0.1, -0.05) is 37.0 Å². The Kier molecular flexibility index (Phi) is 6.79. The summed E-state index contributed by atoms with van der Waals surface area (Å²) < 4.78 is 33.9. The standard InChI is InChI=1S/C13H17Cl2F2NO2/c1-7(2)11(6-19-3)18-8-4-9(14)12(10(15)5-8)20-13(16)17/h4-5,7,11,13,18H,6H2,1-3H3. The Hall–Kier alpha value is -0.780. The quantitative estimate of drug-likeness (QED) is 0.788. The van der Waals surface area contributed by atoms with Gasteiger partial charge < -0.3 is 14.8 Å². The number of rotatable bonds is 7. The van der Waals surface area contributed by atoms with E-state index in [4.69, 9.17) is 27.9 Å². The lowest BCUT2D eigenvalue weighted by atomic mass is 10.1. The molecule has 3 nitrogen and oxygen atoms in total. The fraction of sp³-hybridized carbons (Fsp3) is 0.538. The van der Waals surface area contributed by atoms with Gasteiger partial charge >= 0.3 is 6.61 Å². The minimum absolute atomic E-state index is 0.0280. The number of methoxy groups -OCH3 is 1. The highest BCUT2D eigenvalue weighted by atomic mass is 35.5. The first-order valence-corrected chi connectivity index (χ1v) is 6.80. The molecular formula is C13H17Cl2F2NO2. The van der Waals surface area contributed by atoms with Gasteiger partial charge in [0, 0.05) is 12.8 Å². The monoisotopic (exact) mass is 327 g/mol. The van der Waals surface area contributed by atoms with Crippen molar-refractivity contribution in [2.45, 2.75) is 26.5 Å². The summed E-state index contributed by atoms with van der Waals surface area (Å²) in [5, 5.41) is 3.26. The number of benzene rings is 1. The van der Waals surface area contributed by atoms with E-state index in [0.717, 1.165) is 0 Å². The zero-order valence-corrected chi connectivity index (χ0v) is 12.9. The Morgan fingerprint density at radius 3 is 2.15 bits per heavy atom. The molecule has 1 atom stereocenters. The minimum Gasteiger partial charge on any atom is -0.432 e. The second-order valence-corrected chi connectivity index (χ2v) is 5.41. The number of ether oxygens (including phenoxy) is 2. The van der Waals surface area contributed by atoms with Gasteiger partial charge in [-0.05, 0) is 18.1 Å². The first-order chi connectivity index (χ1) is 9.35. The van der Waals surface area contributed by atoms with Crippen LogP contribution in [0.1, 0.15) is 13.8 Å². The van der Waals surface area contributed by atoms with E-state index < -0.39 is 6.61 Å². The van der Waals surface area contributed by atoms with Gasteiger partial charge in [0.15, 0.2) is 5.75 Å². The van der Waals surface area contributed by atoms with E-state index in [9.17, 15) is 8.78 Å².